The molecule has 0 radical (unpaired) electrons. The first-order valence-corrected chi connectivity index (χ1v) is 7.25. The molecule has 0 aliphatic rings. The quantitative estimate of drug-likeness (QED) is 0.574. The van der Waals surface area contributed by atoms with Crippen molar-refractivity contribution in [3.05, 3.63) is 78.0 Å². The highest BCUT2D eigenvalue weighted by atomic mass is 16.2. The van der Waals surface area contributed by atoms with Gasteiger partial charge in [-0.2, -0.15) is 10.2 Å². The van der Waals surface area contributed by atoms with Gasteiger partial charge in [-0.25, -0.2) is 5.43 Å². The molecular weight excluding hydrogens is 288 g/mol. The summed E-state index contributed by atoms with van der Waals surface area (Å²) in [4.78, 5) is 12.1. The molecule has 0 aliphatic heterocycles. The molecule has 2 N–H and O–H groups in total. The van der Waals surface area contributed by atoms with Crippen LogP contribution in [-0.2, 0) is 0 Å². The number of nitrogens with one attached hydrogen (secondary N) is 2. The zero-order chi connectivity index (χ0) is 16.1. The van der Waals surface area contributed by atoms with Gasteiger partial charge in [0.2, 0.25) is 0 Å². The van der Waals surface area contributed by atoms with Gasteiger partial charge >= 0.3 is 0 Å². The third kappa shape index (κ3) is 3.52. The van der Waals surface area contributed by atoms with E-state index in [-0.39, 0.29) is 5.91 Å². The van der Waals surface area contributed by atoms with E-state index in [0.29, 0.717) is 5.69 Å². The van der Waals surface area contributed by atoms with Crippen LogP contribution in [0.2, 0.25) is 0 Å². The van der Waals surface area contributed by atoms with Crippen LogP contribution in [0.25, 0.3) is 11.3 Å². The molecule has 0 spiro atoms. The van der Waals surface area contributed by atoms with Crippen LogP contribution in [0.4, 0.5) is 0 Å². The number of H-pyrrole nitrogens is 1. The largest absolute Gasteiger partial charge is 0.289 e. The Kier molecular flexibility index (Phi) is 4.29. The summed E-state index contributed by atoms with van der Waals surface area (Å²) >= 11 is 0. The second kappa shape index (κ2) is 6.70. The van der Waals surface area contributed by atoms with Crippen molar-refractivity contribution in [2.45, 2.75) is 6.92 Å². The highest BCUT2D eigenvalue weighted by molar-refractivity contribution is 6.00. The van der Waals surface area contributed by atoms with Crippen molar-refractivity contribution in [2.75, 3.05) is 0 Å². The summed E-state index contributed by atoms with van der Waals surface area (Å²) in [5.41, 5.74) is 6.28. The van der Waals surface area contributed by atoms with Crippen LogP contribution >= 0.6 is 0 Å². The average molecular weight is 304 g/mol. The van der Waals surface area contributed by atoms with Gasteiger partial charge in [-0.05, 0) is 18.6 Å². The maximum absolute atomic E-state index is 12.1. The van der Waals surface area contributed by atoms with Crippen molar-refractivity contribution in [1.82, 2.24) is 15.6 Å². The molecular formula is C18H16N4O. The molecule has 0 bridgehead atoms. The van der Waals surface area contributed by atoms with Gasteiger partial charge in [-0.3, -0.25) is 9.89 Å². The van der Waals surface area contributed by atoms with E-state index in [4.69, 9.17) is 0 Å². The number of carbonyl (C=O) groups excluding carboxylic acids is 1. The van der Waals surface area contributed by atoms with E-state index in [1.54, 1.807) is 6.07 Å². The number of carbonyl (C=O) groups is 1. The fraction of sp³-hybridized carbons (Fsp3) is 0.0556. The standard InChI is InChI=1S/C18H16N4O/c1-13(14-8-4-2-5-9-14)19-22-18(23)17-12-16(20-21-17)15-10-6-3-7-11-15/h2-12H,1H3,(H,20,21)(H,22,23). The number of rotatable bonds is 4. The predicted octanol–water partition coefficient (Wildman–Crippen LogP) is 3.23. The molecule has 0 unspecified atom stereocenters. The Bertz CT molecular complexity index is 822. The molecule has 1 aromatic heterocycles. The highest BCUT2D eigenvalue weighted by Gasteiger charge is 2.10. The fourth-order valence-electron chi connectivity index (χ4n) is 2.13. The second-order valence-corrected chi connectivity index (χ2v) is 5.04. The SMILES string of the molecule is CC(=NNC(=O)c1cc(-c2ccccc2)n[nH]1)c1ccccc1. The Labute approximate surface area is 134 Å². The third-order valence-corrected chi connectivity index (χ3v) is 3.41. The van der Waals surface area contributed by atoms with Crippen LogP contribution in [0.1, 0.15) is 23.0 Å². The molecule has 114 valence electrons. The Balaban J connectivity index is 1.71. The highest BCUT2D eigenvalue weighted by Crippen LogP contribution is 2.16. The molecule has 23 heavy (non-hydrogen) atoms. The minimum Gasteiger partial charge on any atom is -0.272 e. The second-order valence-electron chi connectivity index (χ2n) is 5.04. The number of aromatic nitrogens is 2. The van der Waals surface area contributed by atoms with Crippen LogP contribution in [0.3, 0.4) is 0 Å². The van der Waals surface area contributed by atoms with E-state index in [1.807, 2.05) is 67.6 Å². The van der Waals surface area contributed by atoms with Gasteiger partial charge < -0.3 is 0 Å². The number of amides is 1. The average Bonchev–Trinajstić information content (AvgIpc) is 3.11. The lowest BCUT2D eigenvalue weighted by Crippen LogP contribution is -2.19. The molecule has 5 heteroatoms. The summed E-state index contributed by atoms with van der Waals surface area (Å²) in [6.45, 7) is 1.85. The molecule has 0 fully saturated rings. The number of benzene rings is 2. The van der Waals surface area contributed by atoms with Crippen LogP contribution in [-0.4, -0.2) is 21.8 Å². The van der Waals surface area contributed by atoms with E-state index in [1.165, 1.54) is 0 Å². The molecule has 1 amide bonds. The Morgan fingerprint density at radius 1 is 1.04 bits per heavy atom. The molecule has 2 aromatic carbocycles. The number of hydrogen-bond donors (Lipinski definition) is 2. The summed E-state index contributed by atoms with van der Waals surface area (Å²) in [5, 5.41) is 11.0. The summed E-state index contributed by atoms with van der Waals surface area (Å²) in [6.07, 6.45) is 0. The van der Waals surface area contributed by atoms with Crippen LogP contribution in [0.15, 0.2) is 71.8 Å². The summed E-state index contributed by atoms with van der Waals surface area (Å²) in [6, 6.07) is 21.0. The Morgan fingerprint density at radius 3 is 2.39 bits per heavy atom. The fourth-order valence-corrected chi connectivity index (χ4v) is 2.13. The van der Waals surface area contributed by atoms with Crippen LogP contribution in [0.5, 0.6) is 0 Å². The first-order valence-electron chi connectivity index (χ1n) is 7.25. The number of hydrogen-bond acceptors (Lipinski definition) is 3. The smallest absolute Gasteiger partial charge is 0.272 e. The number of hydrazone groups is 1. The van der Waals surface area contributed by atoms with Crippen molar-refractivity contribution in [2.24, 2.45) is 5.10 Å². The van der Waals surface area contributed by atoms with Gasteiger partial charge in [0, 0.05) is 5.56 Å². The van der Waals surface area contributed by atoms with E-state index < -0.39 is 0 Å². The summed E-state index contributed by atoms with van der Waals surface area (Å²) in [7, 11) is 0. The number of aromatic amines is 1. The molecule has 3 rings (SSSR count). The maximum atomic E-state index is 12.1. The maximum Gasteiger partial charge on any atom is 0.289 e. The van der Waals surface area contributed by atoms with Crippen molar-refractivity contribution < 1.29 is 4.79 Å². The van der Waals surface area contributed by atoms with Crippen molar-refractivity contribution in [1.29, 1.82) is 0 Å². The molecule has 0 atom stereocenters. The molecule has 0 saturated heterocycles. The van der Waals surface area contributed by atoms with Crippen LogP contribution in [0, 0.1) is 0 Å². The lowest BCUT2D eigenvalue weighted by Gasteiger charge is -2.01. The van der Waals surface area contributed by atoms with E-state index >= 15 is 0 Å². The Hall–Kier alpha value is -3.21. The van der Waals surface area contributed by atoms with Crippen molar-refractivity contribution in [3.8, 4) is 11.3 Å². The van der Waals surface area contributed by atoms with E-state index in [9.17, 15) is 4.79 Å². The predicted molar refractivity (Wildman–Crippen MR) is 90.1 cm³/mol. The monoisotopic (exact) mass is 304 g/mol. The van der Waals surface area contributed by atoms with Crippen LogP contribution < -0.4 is 5.43 Å². The van der Waals surface area contributed by atoms with Gasteiger partial charge in [0.1, 0.15) is 5.69 Å². The van der Waals surface area contributed by atoms with Gasteiger partial charge in [-0.15, -0.1) is 0 Å². The molecule has 1 heterocycles. The molecule has 0 aliphatic carbocycles. The van der Waals surface area contributed by atoms with Gasteiger partial charge in [0.05, 0.1) is 11.4 Å². The summed E-state index contributed by atoms with van der Waals surface area (Å²) in [5.74, 6) is -0.324. The lowest BCUT2D eigenvalue weighted by molar-refractivity contribution is 0.0950. The molecule has 5 nitrogen and oxygen atoms in total. The normalized spacial score (nSPS) is 11.3. The lowest BCUT2D eigenvalue weighted by atomic mass is 10.1. The topological polar surface area (TPSA) is 70.1 Å². The zero-order valence-corrected chi connectivity index (χ0v) is 12.7. The van der Waals surface area contributed by atoms with Gasteiger partial charge in [0.15, 0.2) is 0 Å². The minimum absolute atomic E-state index is 0.324. The first-order chi connectivity index (χ1) is 11.2. The van der Waals surface area contributed by atoms with E-state index in [2.05, 4.69) is 20.7 Å². The molecule has 3 aromatic rings. The molecule has 0 saturated carbocycles. The van der Waals surface area contributed by atoms with Crippen molar-refractivity contribution in [3.63, 3.8) is 0 Å². The third-order valence-electron chi connectivity index (χ3n) is 3.41. The van der Waals surface area contributed by atoms with Gasteiger partial charge in [0.25, 0.3) is 5.91 Å². The summed E-state index contributed by atoms with van der Waals surface area (Å²) < 4.78 is 0. The minimum atomic E-state index is -0.324. The van der Waals surface area contributed by atoms with Crippen molar-refractivity contribution >= 4 is 11.6 Å². The number of nitrogens with zero attached hydrogens (tertiary/aromatic N) is 2. The zero-order valence-electron chi connectivity index (χ0n) is 12.7. The van der Waals surface area contributed by atoms with E-state index in [0.717, 1.165) is 22.5 Å². The first kappa shape index (κ1) is 14.7. The van der Waals surface area contributed by atoms with Gasteiger partial charge in [-0.1, -0.05) is 60.7 Å². The Morgan fingerprint density at radius 2 is 1.70 bits per heavy atom.